The molecule has 3 heterocycles. The molecule has 0 bridgehead atoms. The molecule has 3 rings (SSSR count). The number of hydrogen-bond acceptors (Lipinski definition) is 4. The first-order chi connectivity index (χ1) is 11.4. The van der Waals surface area contributed by atoms with Crippen molar-refractivity contribution < 1.29 is 4.79 Å². The van der Waals surface area contributed by atoms with Gasteiger partial charge >= 0.3 is 0 Å². The lowest BCUT2D eigenvalue weighted by Gasteiger charge is -2.34. The maximum absolute atomic E-state index is 12.7. The zero-order valence-corrected chi connectivity index (χ0v) is 15.2. The summed E-state index contributed by atoms with van der Waals surface area (Å²) in [7, 11) is 3.83. The van der Waals surface area contributed by atoms with E-state index >= 15 is 0 Å². The molecule has 0 aliphatic carbocycles. The Hall–Kier alpha value is -2.15. The SMILES string of the molecule is Cc1nn(C)cc1C(=O)N1CCN(Cc2c(C)nn(C)c2C)CC1. The largest absolute Gasteiger partial charge is 0.336 e. The number of aryl methyl sites for hydroxylation is 4. The number of carbonyl (C=O) groups is 1. The van der Waals surface area contributed by atoms with Gasteiger partial charge in [-0.25, -0.2) is 0 Å². The van der Waals surface area contributed by atoms with Crippen LogP contribution in [0.25, 0.3) is 0 Å². The lowest BCUT2D eigenvalue weighted by molar-refractivity contribution is 0.0627. The maximum Gasteiger partial charge on any atom is 0.257 e. The highest BCUT2D eigenvalue weighted by atomic mass is 16.2. The van der Waals surface area contributed by atoms with Crippen LogP contribution in [0.5, 0.6) is 0 Å². The van der Waals surface area contributed by atoms with Crippen LogP contribution in [-0.2, 0) is 20.6 Å². The molecule has 1 fully saturated rings. The van der Waals surface area contributed by atoms with E-state index in [1.807, 2.05) is 36.8 Å². The number of carbonyl (C=O) groups excluding carboxylic acids is 1. The Balaban J connectivity index is 1.61. The minimum Gasteiger partial charge on any atom is -0.336 e. The van der Waals surface area contributed by atoms with Gasteiger partial charge < -0.3 is 4.90 Å². The predicted molar refractivity (Wildman–Crippen MR) is 91.8 cm³/mol. The molecular formula is C17H26N6O. The van der Waals surface area contributed by atoms with E-state index in [1.165, 1.54) is 11.3 Å². The van der Waals surface area contributed by atoms with Gasteiger partial charge in [-0.1, -0.05) is 0 Å². The summed E-state index contributed by atoms with van der Waals surface area (Å²) >= 11 is 0. The number of aromatic nitrogens is 4. The van der Waals surface area contributed by atoms with Crippen molar-refractivity contribution in [2.45, 2.75) is 27.3 Å². The molecule has 0 aromatic carbocycles. The third kappa shape index (κ3) is 3.08. The van der Waals surface area contributed by atoms with E-state index in [1.54, 1.807) is 4.68 Å². The fourth-order valence-corrected chi connectivity index (χ4v) is 3.36. The van der Waals surface area contributed by atoms with E-state index in [-0.39, 0.29) is 5.91 Å². The molecule has 1 aliphatic rings. The standard InChI is InChI=1S/C17H26N6O/c1-12-15(14(3)21(5)19-12)11-22-6-8-23(9-7-22)17(24)16-10-20(4)18-13(16)2/h10H,6-9,11H2,1-5H3. The van der Waals surface area contributed by atoms with Gasteiger partial charge in [0, 0.05) is 64.3 Å². The second kappa shape index (κ2) is 6.39. The van der Waals surface area contributed by atoms with Crippen molar-refractivity contribution in [2.75, 3.05) is 26.2 Å². The molecule has 2 aromatic rings. The van der Waals surface area contributed by atoms with Crippen molar-refractivity contribution in [3.8, 4) is 0 Å². The molecular weight excluding hydrogens is 304 g/mol. The Labute approximate surface area is 142 Å². The molecule has 1 amide bonds. The minimum atomic E-state index is 0.0917. The van der Waals surface area contributed by atoms with E-state index in [0.29, 0.717) is 5.56 Å². The van der Waals surface area contributed by atoms with E-state index in [0.717, 1.165) is 44.1 Å². The van der Waals surface area contributed by atoms with Gasteiger partial charge in [-0.15, -0.1) is 0 Å². The van der Waals surface area contributed by atoms with Gasteiger partial charge in [0.25, 0.3) is 5.91 Å². The van der Waals surface area contributed by atoms with Crippen molar-refractivity contribution >= 4 is 5.91 Å². The number of piperazine rings is 1. The summed E-state index contributed by atoms with van der Waals surface area (Å²) in [5.41, 5.74) is 5.13. The predicted octanol–water partition coefficient (Wildman–Crippen LogP) is 1.04. The van der Waals surface area contributed by atoms with Crippen LogP contribution in [0.15, 0.2) is 6.20 Å². The average molecular weight is 330 g/mol. The molecule has 0 spiro atoms. The normalized spacial score (nSPS) is 16.0. The molecule has 0 unspecified atom stereocenters. The summed E-state index contributed by atoms with van der Waals surface area (Å²) in [5, 5.41) is 8.76. The molecule has 0 radical (unpaired) electrons. The Morgan fingerprint density at radius 2 is 1.71 bits per heavy atom. The quantitative estimate of drug-likeness (QED) is 0.844. The summed E-state index contributed by atoms with van der Waals surface area (Å²) in [4.78, 5) is 17.0. The second-order valence-electron chi connectivity index (χ2n) is 6.64. The van der Waals surface area contributed by atoms with Crippen LogP contribution >= 0.6 is 0 Å². The smallest absolute Gasteiger partial charge is 0.257 e. The zero-order valence-electron chi connectivity index (χ0n) is 15.2. The number of hydrogen-bond donors (Lipinski definition) is 0. The molecule has 7 nitrogen and oxygen atoms in total. The van der Waals surface area contributed by atoms with E-state index in [9.17, 15) is 4.79 Å². The van der Waals surface area contributed by atoms with Crippen LogP contribution in [-0.4, -0.2) is 61.4 Å². The number of nitrogens with zero attached hydrogens (tertiary/aromatic N) is 6. The van der Waals surface area contributed by atoms with Crippen molar-refractivity contribution in [3.05, 3.63) is 34.4 Å². The molecule has 1 saturated heterocycles. The van der Waals surface area contributed by atoms with Gasteiger partial charge in [0.15, 0.2) is 0 Å². The highest BCUT2D eigenvalue weighted by molar-refractivity contribution is 5.95. The highest BCUT2D eigenvalue weighted by Crippen LogP contribution is 2.17. The Bertz CT molecular complexity index is 751. The third-order valence-corrected chi connectivity index (χ3v) is 4.94. The van der Waals surface area contributed by atoms with Crippen LogP contribution in [0.3, 0.4) is 0 Å². The van der Waals surface area contributed by atoms with E-state index in [2.05, 4.69) is 28.9 Å². The monoisotopic (exact) mass is 330 g/mol. The summed E-state index contributed by atoms with van der Waals surface area (Å²) < 4.78 is 3.64. The van der Waals surface area contributed by atoms with Crippen LogP contribution in [0.2, 0.25) is 0 Å². The molecule has 0 N–H and O–H groups in total. The Morgan fingerprint density at radius 1 is 1.04 bits per heavy atom. The van der Waals surface area contributed by atoms with Gasteiger partial charge in [-0.3, -0.25) is 19.1 Å². The van der Waals surface area contributed by atoms with Crippen LogP contribution in [0, 0.1) is 20.8 Å². The lowest BCUT2D eigenvalue weighted by atomic mass is 10.1. The molecule has 130 valence electrons. The fraction of sp³-hybridized carbons (Fsp3) is 0.588. The van der Waals surface area contributed by atoms with Crippen molar-refractivity contribution in [2.24, 2.45) is 14.1 Å². The maximum atomic E-state index is 12.7. The number of amides is 1. The van der Waals surface area contributed by atoms with E-state index < -0.39 is 0 Å². The molecule has 1 aliphatic heterocycles. The van der Waals surface area contributed by atoms with Crippen LogP contribution < -0.4 is 0 Å². The van der Waals surface area contributed by atoms with Gasteiger partial charge in [0.1, 0.15) is 0 Å². The van der Waals surface area contributed by atoms with Crippen molar-refractivity contribution in [1.29, 1.82) is 0 Å². The zero-order chi connectivity index (χ0) is 17.4. The van der Waals surface area contributed by atoms with Crippen LogP contribution in [0.1, 0.15) is 33.0 Å². The summed E-state index contributed by atoms with van der Waals surface area (Å²) in [6, 6.07) is 0. The summed E-state index contributed by atoms with van der Waals surface area (Å²) in [6.07, 6.45) is 1.81. The minimum absolute atomic E-state index is 0.0917. The molecule has 2 aromatic heterocycles. The van der Waals surface area contributed by atoms with E-state index in [4.69, 9.17) is 0 Å². The van der Waals surface area contributed by atoms with Crippen molar-refractivity contribution in [3.63, 3.8) is 0 Å². The molecule has 7 heteroatoms. The van der Waals surface area contributed by atoms with Gasteiger partial charge in [0.05, 0.1) is 17.0 Å². The number of rotatable bonds is 3. The topological polar surface area (TPSA) is 59.2 Å². The highest BCUT2D eigenvalue weighted by Gasteiger charge is 2.25. The first-order valence-corrected chi connectivity index (χ1v) is 8.37. The lowest BCUT2D eigenvalue weighted by Crippen LogP contribution is -2.48. The van der Waals surface area contributed by atoms with Gasteiger partial charge in [0.2, 0.25) is 0 Å². The summed E-state index contributed by atoms with van der Waals surface area (Å²) in [5.74, 6) is 0.0917. The Morgan fingerprint density at radius 3 is 2.21 bits per heavy atom. The van der Waals surface area contributed by atoms with Crippen molar-refractivity contribution in [1.82, 2.24) is 29.4 Å². The average Bonchev–Trinajstić information content (AvgIpc) is 3.00. The molecule has 24 heavy (non-hydrogen) atoms. The molecule has 0 atom stereocenters. The van der Waals surface area contributed by atoms with Gasteiger partial charge in [-0.05, 0) is 20.8 Å². The van der Waals surface area contributed by atoms with Gasteiger partial charge in [-0.2, -0.15) is 10.2 Å². The second-order valence-corrected chi connectivity index (χ2v) is 6.64. The Kier molecular flexibility index (Phi) is 4.45. The molecule has 0 saturated carbocycles. The fourth-order valence-electron chi connectivity index (χ4n) is 3.36. The first-order valence-electron chi connectivity index (χ1n) is 8.37. The van der Waals surface area contributed by atoms with Crippen LogP contribution in [0.4, 0.5) is 0 Å². The first kappa shape index (κ1) is 16.7. The summed E-state index contributed by atoms with van der Waals surface area (Å²) in [6.45, 7) is 10.2. The third-order valence-electron chi connectivity index (χ3n) is 4.94.